The maximum Gasteiger partial charge on any atom is 0.226 e. The summed E-state index contributed by atoms with van der Waals surface area (Å²) in [7, 11) is 0. The largest absolute Gasteiger partial charge is 0.337 e. The van der Waals surface area contributed by atoms with E-state index in [1.54, 1.807) is 4.90 Å². The number of hydrogen-bond donors (Lipinski definition) is 0. The smallest absolute Gasteiger partial charge is 0.226 e. The normalized spacial score (nSPS) is 18.8. The van der Waals surface area contributed by atoms with E-state index in [0.29, 0.717) is 6.42 Å². The van der Waals surface area contributed by atoms with Gasteiger partial charge in [0.1, 0.15) is 5.78 Å². The summed E-state index contributed by atoms with van der Waals surface area (Å²) in [4.78, 5) is 24.2. The highest BCUT2D eigenvalue weighted by atomic mass is 16.2. The summed E-state index contributed by atoms with van der Waals surface area (Å²) in [6.07, 6.45) is 2.40. The molecule has 13 heavy (non-hydrogen) atoms. The van der Waals surface area contributed by atoms with Gasteiger partial charge in [-0.15, -0.1) is 0 Å². The van der Waals surface area contributed by atoms with Crippen LogP contribution in [0.2, 0.25) is 0 Å². The molecule has 0 aromatic carbocycles. The third-order valence-electron chi connectivity index (χ3n) is 2.25. The lowest BCUT2D eigenvalue weighted by Gasteiger charge is -2.18. The summed E-state index contributed by atoms with van der Waals surface area (Å²) in [5, 5.41) is 0. The van der Waals surface area contributed by atoms with E-state index < -0.39 is 0 Å². The van der Waals surface area contributed by atoms with Crippen molar-refractivity contribution in [3.8, 4) is 0 Å². The van der Waals surface area contributed by atoms with E-state index in [1.165, 1.54) is 6.92 Å². The highest BCUT2D eigenvalue weighted by Gasteiger charge is 2.23. The highest BCUT2D eigenvalue weighted by Crippen LogP contribution is 2.17. The minimum atomic E-state index is -0.160. The molecular formula is C10H16NO2. The molecule has 0 N–H and O–H groups in total. The monoisotopic (exact) mass is 182 g/mol. The van der Waals surface area contributed by atoms with E-state index in [0.717, 1.165) is 19.4 Å². The minimum absolute atomic E-state index is 0.0834. The summed E-state index contributed by atoms with van der Waals surface area (Å²) >= 11 is 0. The van der Waals surface area contributed by atoms with Crippen LogP contribution in [-0.4, -0.2) is 23.1 Å². The number of carbonyl (C=O) groups is 2. The molecule has 0 aliphatic carbocycles. The molecule has 3 heteroatoms. The van der Waals surface area contributed by atoms with Crippen LogP contribution >= 0.6 is 0 Å². The van der Waals surface area contributed by atoms with Gasteiger partial charge in [0.05, 0.1) is 6.54 Å². The lowest BCUT2D eigenvalue weighted by molar-refractivity contribution is -0.135. The molecule has 1 fully saturated rings. The van der Waals surface area contributed by atoms with Crippen LogP contribution in [0.1, 0.15) is 33.1 Å². The van der Waals surface area contributed by atoms with E-state index in [4.69, 9.17) is 0 Å². The Labute approximate surface area is 79.1 Å². The van der Waals surface area contributed by atoms with Gasteiger partial charge in [0, 0.05) is 18.9 Å². The summed E-state index contributed by atoms with van der Waals surface area (Å²) in [6.45, 7) is 6.09. The van der Waals surface area contributed by atoms with Gasteiger partial charge in [-0.2, -0.15) is 0 Å². The number of carbonyl (C=O) groups excluding carboxylic acids is 2. The molecule has 1 aliphatic heterocycles. The second-order valence-electron chi connectivity index (χ2n) is 3.66. The summed E-state index contributed by atoms with van der Waals surface area (Å²) in [5.74, 6) is 0.0135. The molecule has 1 heterocycles. The van der Waals surface area contributed by atoms with Gasteiger partial charge in [-0.3, -0.25) is 4.79 Å². The second kappa shape index (κ2) is 4.40. The van der Waals surface area contributed by atoms with Crippen molar-refractivity contribution in [3.63, 3.8) is 0 Å². The predicted molar refractivity (Wildman–Crippen MR) is 49.7 cm³/mol. The number of hydrogen-bond acceptors (Lipinski definition) is 2. The molecule has 0 saturated carbocycles. The molecule has 0 aromatic heterocycles. The predicted octanol–water partition coefficient (Wildman–Crippen LogP) is 1.39. The molecule has 0 aromatic rings. The minimum Gasteiger partial charge on any atom is -0.337 e. The Bertz CT molecular complexity index is 207. The third-order valence-corrected chi connectivity index (χ3v) is 2.25. The number of amides is 1. The zero-order chi connectivity index (χ0) is 9.84. The van der Waals surface area contributed by atoms with Crippen LogP contribution in [0.5, 0.6) is 0 Å². The fraction of sp³-hybridized carbons (Fsp3) is 0.700. The van der Waals surface area contributed by atoms with Crippen LogP contribution in [0, 0.1) is 12.5 Å². The van der Waals surface area contributed by atoms with E-state index in [-0.39, 0.29) is 17.6 Å². The molecule has 73 valence electrons. The third kappa shape index (κ3) is 2.83. The lowest BCUT2D eigenvalue weighted by Crippen LogP contribution is -2.31. The van der Waals surface area contributed by atoms with Crippen LogP contribution in [0.15, 0.2) is 0 Å². The van der Waals surface area contributed by atoms with Gasteiger partial charge in [0.2, 0.25) is 5.91 Å². The molecule has 1 atom stereocenters. The fourth-order valence-corrected chi connectivity index (χ4v) is 1.60. The molecule has 0 spiro atoms. The lowest BCUT2D eigenvalue weighted by atomic mass is 10.0. The highest BCUT2D eigenvalue weighted by molar-refractivity contribution is 5.85. The second-order valence-corrected chi connectivity index (χ2v) is 3.66. The molecule has 1 rings (SSSR count). The SMILES string of the molecule is CC(=O)CC(C)C(=O)N1[CH]CCC1. The molecule has 1 saturated heterocycles. The van der Waals surface area contributed by atoms with Crippen LogP contribution in [0.4, 0.5) is 0 Å². The van der Waals surface area contributed by atoms with Crippen molar-refractivity contribution < 1.29 is 9.59 Å². The van der Waals surface area contributed by atoms with Crippen LogP contribution in [0.25, 0.3) is 0 Å². The first-order valence-electron chi connectivity index (χ1n) is 4.74. The van der Waals surface area contributed by atoms with Gasteiger partial charge < -0.3 is 9.69 Å². The Kier molecular flexibility index (Phi) is 3.46. The number of nitrogens with zero attached hydrogens (tertiary/aromatic N) is 1. The Balaban J connectivity index is 2.41. The van der Waals surface area contributed by atoms with Gasteiger partial charge in [0.15, 0.2) is 0 Å². The average molecular weight is 182 g/mol. The van der Waals surface area contributed by atoms with Gasteiger partial charge in [-0.1, -0.05) is 6.92 Å². The zero-order valence-corrected chi connectivity index (χ0v) is 8.25. The van der Waals surface area contributed by atoms with Gasteiger partial charge in [0.25, 0.3) is 0 Å². The first-order chi connectivity index (χ1) is 6.11. The fourth-order valence-electron chi connectivity index (χ4n) is 1.60. The Morgan fingerprint density at radius 3 is 2.69 bits per heavy atom. The van der Waals surface area contributed by atoms with Crippen LogP contribution < -0.4 is 0 Å². The zero-order valence-electron chi connectivity index (χ0n) is 8.25. The van der Waals surface area contributed by atoms with Crippen molar-refractivity contribution in [1.29, 1.82) is 0 Å². The first-order valence-corrected chi connectivity index (χ1v) is 4.74. The van der Waals surface area contributed by atoms with E-state index in [9.17, 15) is 9.59 Å². The van der Waals surface area contributed by atoms with Gasteiger partial charge in [-0.25, -0.2) is 0 Å². The van der Waals surface area contributed by atoms with Crippen molar-refractivity contribution in [2.24, 2.45) is 5.92 Å². The van der Waals surface area contributed by atoms with Crippen molar-refractivity contribution in [3.05, 3.63) is 6.54 Å². The maximum absolute atomic E-state index is 11.6. The molecule has 1 unspecified atom stereocenters. The number of Topliss-reactive ketones (excluding diaryl/α,β-unsaturated/α-hetero) is 1. The Hall–Kier alpha value is -0.860. The quantitative estimate of drug-likeness (QED) is 0.661. The number of ketones is 1. The molecule has 1 aliphatic rings. The van der Waals surface area contributed by atoms with Gasteiger partial charge >= 0.3 is 0 Å². The number of rotatable bonds is 3. The van der Waals surface area contributed by atoms with Crippen LogP contribution in [0.3, 0.4) is 0 Å². The number of likely N-dealkylation sites (tertiary alicyclic amines) is 1. The van der Waals surface area contributed by atoms with E-state index >= 15 is 0 Å². The summed E-state index contributed by atoms with van der Waals surface area (Å²) in [5.41, 5.74) is 0. The molecule has 3 nitrogen and oxygen atoms in total. The summed E-state index contributed by atoms with van der Waals surface area (Å²) < 4.78 is 0. The topological polar surface area (TPSA) is 37.4 Å². The Morgan fingerprint density at radius 1 is 1.54 bits per heavy atom. The van der Waals surface area contributed by atoms with Crippen molar-refractivity contribution in [2.75, 3.05) is 6.54 Å². The molecule has 1 radical (unpaired) electrons. The summed E-state index contributed by atoms with van der Waals surface area (Å²) in [6, 6.07) is 0. The van der Waals surface area contributed by atoms with Crippen molar-refractivity contribution in [2.45, 2.75) is 33.1 Å². The van der Waals surface area contributed by atoms with Crippen molar-refractivity contribution >= 4 is 11.7 Å². The standard InChI is InChI=1S/C10H16NO2/c1-8(7-9(2)12)10(13)11-5-3-4-6-11/h5,8H,3-4,6-7H2,1-2H3. The van der Waals surface area contributed by atoms with Crippen LogP contribution in [-0.2, 0) is 9.59 Å². The van der Waals surface area contributed by atoms with E-state index in [2.05, 4.69) is 0 Å². The Morgan fingerprint density at radius 2 is 2.23 bits per heavy atom. The molecular weight excluding hydrogens is 166 g/mol. The molecule has 1 amide bonds. The van der Waals surface area contributed by atoms with E-state index in [1.807, 2.05) is 13.5 Å². The molecule has 0 bridgehead atoms. The maximum atomic E-state index is 11.6. The van der Waals surface area contributed by atoms with Gasteiger partial charge in [-0.05, 0) is 19.8 Å². The first kappa shape index (κ1) is 10.2. The van der Waals surface area contributed by atoms with Crippen molar-refractivity contribution in [1.82, 2.24) is 4.90 Å². The average Bonchev–Trinajstić information content (AvgIpc) is 2.53.